The van der Waals surface area contributed by atoms with Gasteiger partial charge in [-0.1, -0.05) is 29.9 Å². The molecule has 0 N–H and O–H groups in total. The van der Waals surface area contributed by atoms with Crippen molar-refractivity contribution < 1.29 is 44.9 Å². The van der Waals surface area contributed by atoms with Gasteiger partial charge in [0.1, 0.15) is 11.6 Å². The Balaban J connectivity index is 1.52. The second-order valence-corrected chi connectivity index (χ2v) is 10.8. The van der Waals surface area contributed by atoms with E-state index in [0.717, 1.165) is 18.1 Å². The first-order valence-electron chi connectivity index (χ1n) is 13.8. The van der Waals surface area contributed by atoms with Crippen LogP contribution in [0.4, 0.5) is 30.7 Å². The van der Waals surface area contributed by atoms with Gasteiger partial charge >= 0.3 is 12.5 Å². The smallest absolute Gasteiger partial charge is 0.432 e. The van der Waals surface area contributed by atoms with E-state index in [1.54, 1.807) is 13.2 Å². The summed E-state index contributed by atoms with van der Waals surface area (Å²) in [4.78, 5) is 0. The van der Waals surface area contributed by atoms with Crippen molar-refractivity contribution in [2.24, 2.45) is 23.7 Å². The van der Waals surface area contributed by atoms with Crippen molar-refractivity contribution in [3.63, 3.8) is 0 Å². The zero-order chi connectivity index (χ0) is 30.2. The van der Waals surface area contributed by atoms with Gasteiger partial charge in [-0.15, -0.1) is 13.2 Å². The fraction of sp³-hybridized carbons (Fsp3) is 0.548. The van der Waals surface area contributed by atoms with Crippen LogP contribution in [0.15, 0.2) is 65.6 Å². The van der Waals surface area contributed by atoms with Crippen LogP contribution < -0.4 is 9.47 Å². The first kappa shape index (κ1) is 32.8. The molecule has 0 spiro atoms. The van der Waals surface area contributed by atoms with Gasteiger partial charge < -0.3 is 14.2 Å². The number of hydrogen-bond donors (Lipinski definition) is 0. The third kappa shape index (κ3) is 10.2. The molecule has 1 aromatic carbocycles. The van der Waals surface area contributed by atoms with E-state index in [9.17, 15) is 26.3 Å². The molecule has 0 aliphatic heterocycles. The topological polar surface area (TPSA) is 27.7 Å². The van der Waals surface area contributed by atoms with Gasteiger partial charge in [-0.3, -0.25) is 0 Å². The zero-order valence-corrected chi connectivity index (χ0v) is 23.5. The summed E-state index contributed by atoms with van der Waals surface area (Å²) in [6.45, 7) is 4.46. The molecule has 0 bridgehead atoms. The number of halogens is 7. The minimum atomic E-state index is -5.12. The van der Waals surface area contributed by atoms with E-state index in [2.05, 4.69) is 34.6 Å². The second-order valence-electron chi connectivity index (χ2n) is 10.8. The van der Waals surface area contributed by atoms with Crippen molar-refractivity contribution >= 4 is 0 Å². The van der Waals surface area contributed by atoms with Crippen molar-refractivity contribution in [3.05, 3.63) is 71.4 Å². The Morgan fingerprint density at radius 3 is 2.34 bits per heavy atom. The Kier molecular flexibility index (Phi) is 11.5. The van der Waals surface area contributed by atoms with E-state index in [0.29, 0.717) is 43.9 Å². The van der Waals surface area contributed by atoms with Crippen LogP contribution >= 0.6 is 0 Å². The van der Waals surface area contributed by atoms with Crippen molar-refractivity contribution in [3.8, 4) is 11.5 Å². The van der Waals surface area contributed by atoms with E-state index in [4.69, 9.17) is 4.74 Å². The van der Waals surface area contributed by atoms with Crippen LogP contribution in [0.5, 0.6) is 11.5 Å². The van der Waals surface area contributed by atoms with E-state index in [1.165, 1.54) is 5.57 Å². The highest BCUT2D eigenvalue weighted by molar-refractivity contribution is 5.33. The molecule has 228 valence electrons. The van der Waals surface area contributed by atoms with Gasteiger partial charge in [0.25, 0.3) is 0 Å². The lowest BCUT2D eigenvalue weighted by Gasteiger charge is -2.33. The summed E-state index contributed by atoms with van der Waals surface area (Å²) in [6, 6.07) is 1.81. The lowest BCUT2D eigenvalue weighted by atomic mass is 9.79. The van der Waals surface area contributed by atoms with Gasteiger partial charge in [0.05, 0.1) is 5.92 Å². The van der Waals surface area contributed by atoms with Crippen LogP contribution in [-0.4, -0.2) is 26.2 Å². The van der Waals surface area contributed by atoms with Gasteiger partial charge in [0.2, 0.25) is 0 Å². The van der Waals surface area contributed by atoms with Crippen LogP contribution in [0.2, 0.25) is 0 Å². The lowest BCUT2D eigenvalue weighted by molar-refractivity contribution is -0.275. The molecule has 2 unspecified atom stereocenters. The highest BCUT2D eigenvalue weighted by Gasteiger charge is 2.44. The van der Waals surface area contributed by atoms with Gasteiger partial charge in [0.15, 0.2) is 11.6 Å². The number of benzene rings is 1. The third-order valence-electron chi connectivity index (χ3n) is 7.70. The Hall–Kier alpha value is -2.75. The summed E-state index contributed by atoms with van der Waals surface area (Å²) in [5, 5.41) is 0. The molecule has 1 fully saturated rings. The van der Waals surface area contributed by atoms with Crippen LogP contribution in [0, 0.1) is 29.5 Å². The molecular formula is C31H37F7O3. The quantitative estimate of drug-likeness (QED) is 0.179. The summed E-state index contributed by atoms with van der Waals surface area (Å²) in [7, 11) is 1.65. The molecule has 0 saturated heterocycles. The summed E-state index contributed by atoms with van der Waals surface area (Å²) in [5.74, 6) is -4.35. The Labute approximate surface area is 236 Å². The lowest BCUT2D eigenvalue weighted by Crippen LogP contribution is -2.37. The maximum atomic E-state index is 15.0. The van der Waals surface area contributed by atoms with Gasteiger partial charge in [-0.25, -0.2) is 8.78 Å². The van der Waals surface area contributed by atoms with Gasteiger partial charge in [-0.2, -0.15) is 8.78 Å². The average Bonchev–Trinajstić information content (AvgIpc) is 2.89. The SMILES string of the molecule is C/C=C(\C=C(\F)CC1CCC(C(F)(F)Oc2ccc(OC(F)(F)F)c(F)c2)CC1)CC(COC)C1C=CC(C)=CC1. The van der Waals surface area contributed by atoms with Crippen molar-refractivity contribution in [1.82, 2.24) is 0 Å². The van der Waals surface area contributed by atoms with Crippen molar-refractivity contribution in [2.75, 3.05) is 13.7 Å². The number of rotatable bonds is 12. The molecule has 2 atom stereocenters. The molecule has 3 nitrogen and oxygen atoms in total. The Morgan fingerprint density at radius 1 is 1.07 bits per heavy atom. The van der Waals surface area contributed by atoms with E-state index >= 15 is 4.39 Å². The number of hydrogen-bond acceptors (Lipinski definition) is 3. The molecule has 2 aliphatic carbocycles. The fourth-order valence-corrected chi connectivity index (χ4v) is 5.44. The van der Waals surface area contributed by atoms with Crippen molar-refractivity contribution in [2.45, 2.75) is 71.3 Å². The minimum Gasteiger partial charge on any atom is -0.432 e. The Bertz CT molecular complexity index is 1130. The molecule has 1 aromatic rings. The molecule has 0 heterocycles. The highest BCUT2D eigenvalue weighted by atomic mass is 19.4. The van der Waals surface area contributed by atoms with Gasteiger partial charge in [-0.05, 0) is 93.9 Å². The molecule has 1 saturated carbocycles. The normalized spacial score (nSPS) is 23.3. The molecule has 41 heavy (non-hydrogen) atoms. The molecule has 2 aliphatic rings. The molecule has 0 radical (unpaired) electrons. The minimum absolute atomic E-state index is 0.0655. The molecule has 0 amide bonds. The molecular weight excluding hydrogens is 553 g/mol. The maximum Gasteiger partial charge on any atom is 0.573 e. The van der Waals surface area contributed by atoms with E-state index in [1.807, 2.05) is 13.0 Å². The zero-order valence-electron chi connectivity index (χ0n) is 23.5. The third-order valence-corrected chi connectivity index (χ3v) is 7.70. The summed E-state index contributed by atoms with van der Waals surface area (Å²) in [5.41, 5.74) is 2.08. The van der Waals surface area contributed by atoms with Crippen LogP contribution in [0.3, 0.4) is 0 Å². The van der Waals surface area contributed by atoms with E-state index in [-0.39, 0.29) is 36.9 Å². The monoisotopic (exact) mass is 590 g/mol. The largest absolute Gasteiger partial charge is 0.573 e. The number of allylic oxidation sites excluding steroid dienone is 8. The fourth-order valence-electron chi connectivity index (χ4n) is 5.44. The summed E-state index contributed by atoms with van der Waals surface area (Å²) >= 11 is 0. The standard InChI is InChI=1S/C31H37F7O3/c1-4-21(15-24(19-39-3)23-9-5-20(2)6-10-23)16-26(32)17-22-7-11-25(12-8-22)30(34,35)40-27-13-14-29(28(33)18-27)41-31(36,37)38/h4-6,9,13-14,16,18,22-25H,7-8,10-12,15,17,19H2,1-3H3/b21-4-,26-16+. The summed E-state index contributed by atoms with van der Waals surface area (Å²) < 4.78 is 109. The predicted molar refractivity (Wildman–Crippen MR) is 143 cm³/mol. The molecule has 0 aromatic heterocycles. The van der Waals surface area contributed by atoms with Gasteiger partial charge in [0, 0.05) is 26.2 Å². The maximum absolute atomic E-state index is 15.0. The predicted octanol–water partition coefficient (Wildman–Crippen LogP) is 9.87. The summed E-state index contributed by atoms with van der Waals surface area (Å²) in [6.07, 6.45) is 3.63. The van der Waals surface area contributed by atoms with Crippen LogP contribution in [0.25, 0.3) is 0 Å². The average molecular weight is 591 g/mol. The molecule has 10 heteroatoms. The van der Waals surface area contributed by atoms with E-state index < -0.39 is 35.7 Å². The van der Waals surface area contributed by atoms with Crippen LogP contribution in [-0.2, 0) is 4.74 Å². The first-order valence-corrected chi connectivity index (χ1v) is 13.8. The highest BCUT2D eigenvalue weighted by Crippen LogP contribution is 2.42. The molecule has 3 rings (SSSR count). The van der Waals surface area contributed by atoms with Crippen LogP contribution in [0.1, 0.15) is 58.8 Å². The number of ether oxygens (including phenoxy) is 3. The second kappa shape index (κ2) is 14.4. The number of methoxy groups -OCH3 is 1. The Morgan fingerprint density at radius 2 is 1.78 bits per heavy atom. The first-order chi connectivity index (χ1) is 19.3. The number of alkyl halides is 5. The van der Waals surface area contributed by atoms with Crippen molar-refractivity contribution in [1.29, 1.82) is 0 Å².